The number of urea groups is 1. The predicted octanol–water partition coefficient (Wildman–Crippen LogP) is 2.52. The Kier molecular flexibility index (Phi) is 6.25. The lowest BCUT2D eigenvalue weighted by Crippen LogP contribution is -2.52. The molecule has 0 saturated carbocycles. The van der Waals surface area contributed by atoms with Crippen molar-refractivity contribution in [1.29, 1.82) is 0 Å². The van der Waals surface area contributed by atoms with Crippen molar-refractivity contribution in [3.05, 3.63) is 52.2 Å². The van der Waals surface area contributed by atoms with E-state index in [2.05, 4.69) is 28.5 Å². The summed E-state index contributed by atoms with van der Waals surface area (Å²) in [4.78, 5) is 29.5. The number of anilines is 1. The van der Waals surface area contributed by atoms with E-state index in [0.29, 0.717) is 39.3 Å². The Bertz CT molecular complexity index is 739. The highest BCUT2D eigenvalue weighted by Crippen LogP contribution is 2.15. The van der Waals surface area contributed by atoms with Crippen molar-refractivity contribution in [1.82, 2.24) is 15.1 Å². The third-order valence-corrected chi connectivity index (χ3v) is 5.48. The molecule has 2 heterocycles. The van der Waals surface area contributed by atoms with Crippen LogP contribution >= 0.6 is 11.3 Å². The van der Waals surface area contributed by atoms with Crippen LogP contribution in [0.4, 0.5) is 10.5 Å². The number of amides is 3. The Morgan fingerprint density at radius 1 is 1.08 bits per heavy atom. The molecule has 7 heteroatoms. The highest BCUT2D eigenvalue weighted by Gasteiger charge is 2.22. The number of carbonyl (C=O) groups excluding carboxylic acids is 2. The van der Waals surface area contributed by atoms with Gasteiger partial charge in [0.25, 0.3) is 0 Å². The number of nitrogens with one attached hydrogen (secondary N) is 2. The first-order valence-corrected chi connectivity index (χ1v) is 9.63. The highest BCUT2D eigenvalue weighted by atomic mass is 32.1. The number of aryl methyl sites for hydroxylation is 1. The third kappa shape index (κ3) is 5.06. The summed E-state index contributed by atoms with van der Waals surface area (Å²) in [5.74, 6) is -0.0257. The van der Waals surface area contributed by atoms with Gasteiger partial charge in [-0.2, -0.15) is 0 Å². The molecule has 3 amide bonds. The molecule has 0 atom stereocenters. The molecule has 0 radical (unpaired) electrons. The minimum absolute atomic E-state index is 0.0257. The van der Waals surface area contributed by atoms with Gasteiger partial charge in [0.05, 0.1) is 13.1 Å². The monoisotopic (exact) mass is 372 g/mol. The molecule has 3 rings (SSSR count). The van der Waals surface area contributed by atoms with E-state index in [9.17, 15) is 9.59 Å². The number of hydrogen-bond acceptors (Lipinski definition) is 4. The SMILES string of the molecule is Cc1ccsc1CNC(=O)N1CCN(CC(=O)Nc2ccccc2)CC1. The van der Waals surface area contributed by atoms with Crippen molar-refractivity contribution in [2.24, 2.45) is 0 Å². The van der Waals surface area contributed by atoms with Gasteiger partial charge in [-0.3, -0.25) is 9.69 Å². The molecule has 2 aromatic rings. The normalized spacial score (nSPS) is 14.9. The Morgan fingerprint density at radius 2 is 1.81 bits per heavy atom. The second-order valence-electron chi connectivity index (χ2n) is 6.36. The summed E-state index contributed by atoms with van der Waals surface area (Å²) in [7, 11) is 0. The van der Waals surface area contributed by atoms with Crippen molar-refractivity contribution in [3.8, 4) is 0 Å². The Balaban J connectivity index is 1.39. The molecule has 0 aliphatic carbocycles. The summed E-state index contributed by atoms with van der Waals surface area (Å²) in [6.07, 6.45) is 0. The Morgan fingerprint density at radius 3 is 2.46 bits per heavy atom. The molecule has 0 unspecified atom stereocenters. The van der Waals surface area contributed by atoms with Crippen LogP contribution in [0.2, 0.25) is 0 Å². The smallest absolute Gasteiger partial charge is 0.317 e. The van der Waals surface area contributed by atoms with Crippen molar-refractivity contribution >= 4 is 29.0 Å². The van der Waals surface area contributed by atoms with E-state index in [1.54, 1.807) is 11.3 Å². The third-order valence-electron chi connectivity index (χ3n) is 4.45. The minimum Gasteiger partial charge on any atom is -0.333 e. The summed E-state index contributed by atoms with van der Waals surface area (Å²) in [6.45, 7) is 5.64. The fraction of sp³-hybridized carbons (Fsp3) is 0.368. The van der Waals surface area contributed by atoms with Gasteiger partial charge in [0.2, 0.25) is 5.91 Å². The van der Waals surface area contributed by atoms with Crippen LogP contribution < -0.4 is 10.6 Å². The molecule has 1 aromatic heterocycles. The number of rotatable bonds is 5. The Hall–Kier alpha value is -2.38. The van der Waals surface area contributed by atoms with Crippen molar-refractivity contribution in [2.45, 2.75) is 13.5 Å². The molecule has 6 nitrogen and oxygen atoms in total. The van der Waals surface area contributed by atoms with Gasteiger partial charge in [0, 0.05) is 36.7 Å². The van der Waals surface area contributed by atoms with Crippen LogP contribution in [0.25, 0.3) is 0 Å². The standard InChI is InChI=1S/C19H24N4O2S/c1-15-7-12-26-17(15)13-20-19(25)23-10-8-22(9-11-23)14-18(24)21-16-5-3-2-4-6-16/h2-7,12H,8-11,13-14H2,1H3,(H,20,25)(H,21,24). The summed E-state index contributed by atoms with van der Waals surface area (Å²) in [5.41, 5.74) is 2.02. The molecule has 138 valence electrons. The average Bonchev–Trinajstić information content (AvgIpc) is 3.06. The predicted molar refractivity (Wildman–Crippen MR) is 104 cm³/mol. The molecule has 1 aliphatic rings. The van der Waals surface area contributed by atoms with Crippen molar-refractivity contribution < 1.29 is 9.59 Å². The quantitative estimate of drug-likeness (QED) is 0.848. The molecule has 2 N–H and O–H groups in total. The number of hydrogen-bond donors (Lipinski definition) is 2. The van der Waals surface area contributed by atoms with Crippen LogP contribution in [-0.4, -0.2) is 54.5 Å². The van der Waals surface area contributed by atoms with E-state index in [0.717, 1.165) is 5.69 Å². The van der Waals surface area contributed by atoms with Crippen LogP contribution in [0.3, 0.4) is 0 Å². The molecule has 0 bridgehead atoms. The molecule has 1 aliphatic heterocycles. The van der Waals surface area contributed by atoms with Gasteiger partial charge in [0.1, 0.15) is 0 Å². The van der Waals surface area contributed by atoms with Gasteiger partial charge in [-0.25, -0.2) is 4.79 Å². The van der Waals surface area contributed by atoms with Crippen LogP contribution in [-0.2, 0) is 11.3 Å². The van der Waals surface area contributed by atoms with Gasteiger partial charge in [-0.15, -0.1) is 11.3 Å². The largest absolute Gasteiger partial charge is 0.333 e. The van der Waals surface area contributed by atoms with Crippen LogP contribution in [0.1, 0.15) is 10.4 Å². The number of piperazine rings is 1. The summed E-state index contributed by atoms with van der Waals surface area (Å²) >= 11 is 1.66. The summed E-state index contributed by atoms with van der Waals surface area (Å²) in [5, 5.41) is 7.91. The molecule has 0 spiro atoms. The second-order valence-corrected chi connectivity index (χ2v) is 7.36. The molecule has 1 fully saturated rings. The van der Waals surface area contributed by atoms with Crippen molar-refractivity contribution in [3.63, 3.8) is 0 Å². The number of para-hydroxylation sites is 1. The van der Waals surface area contributed by atoms with Gasteiger partial charge in [-0.1, -0.05) is 18.2 Å². The lowest BCUT2D eigenvalue weighted by molar-refractivity contribution is -0.117. The number of thiophene rings is 1. The molecule has 1 aromatic carbocycles. The van der Waals surface area contributed by atoms with Gasteiger partial charge >= 0.3 is 6.03 Å². The first-order valence-electron chi connectivity index (χ1n) is 8.75. The maximum Gasteiger partial charge on any atom is 0.317 e. The van der Waals surface area contributed by atoms with Crippen LogP contribution in [0.15, 0.2) is 41.8 Å². The van der Waals surface area contributed by atoms with E-state index in [-0.39, 0.29) is 11.9 Å². The molecule has 1 saturated heterocycles. The Labute approximate surface area is 157 Å². The van der Waals surface area contributed by atoms with Crippen LogP contribution in [0.5, 0.6) is 0 Å². The van der Waals surface area contributed by atoms with Crippen LogP contribution in [0, 0.1) is 6.92 Å². The number of nitrogens with zero attached hydrogens (tertiary/aromatic N) is 2. The zero-order valence-corrected chi connectivity index (χ0v) is 15.7. The zero-order valence-electron chi connectivity index (χ0n) is 14.9. The fourth-order valence-electron chi connectivity index (χ4n) is 2.89. The summed E-state index contributed by atoms with van der Waals surface area (Å²) in [6, 6.07) is 11.5. The lowest BCUT2D eigenvalue weighted by atomic mass is 10.3. The molecular weight excluding hydrogens is 348 g/mol. The number of benzene rings is 1. The average molecular weight is 372 g/mol. The van der Waals surface area contributed by atoms with E-state index in [1.165, 1.54) is 10.4 Å². The van der Waals surface area contributed by atoms with Gasteiger partial charge in [0.15, 0.2) is 0 Å². The van der Waals surface area contributed by atoms with Gasteiger partial charge < -0.3 is 15.5 Å². The number of carbonyl (C=O) groups is 2. The van der Waals surface area contributed by atoms with E-state index < -0.39 is 0 Å². The topological polar surface area (TPSA) is 64.7 Å². The minimum atomic E-state index is -0.0359. The van der Waals surface area contributed by atoms with Crippen molar-refractivity contribution in [2.75, 3.05) is 38.0 Å². The lowest BCUT2D eigenvalue weighted by Gasteiger charge is -2.34. The maximum absolute atomic E-state index is 12.3. The fourth-order valence-corrected chi connectivity index (χ4v) is 3.73. The first-order chi connectivity index (χ1) is 12.6. The molecular formula is C19H24N4O2S. The van der Waals surface area contributed by atoms with E-state index in [1.807, 2.05) is 40.6 Å². The van der Waals surface area contributed by atoms with E-state index in [4.69, 9.17) is 0 Å². The second kappa shape index (κ2) is 8.82. The van der Waals surface area contributed by atoms with Gasteiger partial charge in [-0.05, 0) is 36.1 Å². The summed E-state index contributed by atoms with van der Waals surface area (Å²) < 4.78 is 0. The zero-order chi connectivity index (χ0) is 18.4. The maximum atomic E-state index is 12.3. The van der Waals surface area contributed by atoms with E-state index >= 15 is 0 Å². The highest BCUT2D eigenvalue weighted by molar-refractivity contribution is 7.10. The first kappa shape index (κ1) is 18.4. The molecule has 26 heavy (non-hydrogen) atoms.